The van der Waals surface area contributed by atoms with E-state index in [0.717, 1.165) is 16.5 Å². The minimum atomic E-state index is -1.05. The predicted molar refractivity (Wildman–Crippen MR) is 106 cm³/mol. The number of carboxylic acids is 1. The maximum Gasteiger partial charge on any atom is 0.335 e. The van der Waals surface area contributed by atoms with Crippen molar-refractivity contribution in [2.75, 3.05) is 19.0 Å². The molecule has 3 aromatic rings. The van der Waals surface area contributed by atoms with Gasteiger partial charge in [-0.3, -0.25) is 4.79 Å². The zero-order valence-corrected chi connectivity index (χ0v) is 15.8. The zero-order chi connectivity index (χ0) is 19.4. The number of amides is 1. The SMILES string of the molecule is CCCOc1c(C(=O)Nc2cccc(C(=O)O)c2)sc2ccc(OC)cc12. The fourth-order valence-electron chi connectivity index (χ4n) is 2.60. The fraction of sp³-hybridized carbons (Fsp3) is 0.200. The molecule has 3 rings (SSSR count). The standard InChI is InChI=1S/C20H19NO5S/c1-3-9-26-17-15-11-14(25-2)7-8-16(15)27-18(17)19(22)21-13-6-4-5-12(10-13)20(23)24/h4-8,10-11H,3,9H2,1-2H3,(H,21,22)(H,23,24). The van der Waals surface area contributed by atoms with Crippen LogP contribution in [0.5, 0.6) is 11.5 Å². The summed E-state index contributed by atoms with van der Waals surface area (Å²) in [6.07, 6.45) is 0.809. The van der Waals surface area contributed by atoms with Crippen molar-refractivity contribution in [1.29, 1.82) is 0 Å². The Morgan fingerprint density at radius 3 is 2.70 bits per heavy atom. The molecular formula is C20H19NO5S. The van der Waals surface area contributed by atoms with E-state index in [-0.39, 0.29) is 11.5 Å². The van der Waals surface area contributed by atoms with Gasteiger partial charge in [0.1, 0.15) is 10.6 Å². The number of carboxylic acid groups (broad SMARTS) is 1. The Balaban J connectivity index is 1.97. The van der Waals surface area contributed by atoms with Gasteiger partial charge < -0.3 is 19.9 Å². The molecule has 0 aliphatic heterocycles. The molecule has 7 heteroatoms. The van der Waals surface area contributed by atoms with Gasteiger partial charge in [-0.05, 0) is 42.8 Å². The van der Waals surface area contributed by atoms with Crippen LogP contribution in [0.2, 0.25) is 0 Å². The van der Waals surface area contributed by atoms with Crippen molar-refractivity contribution in [3.63, 3.8) is 0 Å². The largest absolute Gasteiger partial charge is 0.497 e. The molecule has 1 aromatic heterocycles. The van der Waals surface area contributed by atoms with Crippen LogP contribution in [-0.4, -0.2) is 30.7 Å². The molecule has 0 radical (unpaired) electrons. The zero-order valence-electron chi connectivity index (χ0n) is 14.9. The summed E-state index contributed by atoms with van der Waals surface area (Å²) in [4.78, 5) is 24.4. The number of carbonyl (C=O) groups excluding carboxylic acids is 1. The van der Waals surface area contributed by atoms with Crippen molar-refractivity contribution in [2.45, 2.75) is 13.3 Å². The van der Waals surface area contributed by atoms with Crippen LogP contribution in [0.3, 0.4) is 0 Å². The Labute approximate surface area is 160 Å². The minimum Gasteiger partial charge on any atom is -0.497 e. The monoisotopic (exact) mass is 385 g/mol. The number of methoxy groups -OCH3 is 1. The van der Waals surface area contributed by atoms with E-state index in [1.807, 2.05) is 25.1 Å². The summed E-state index contributed by atoms with van der Waals surface area (Å²) in [5.41, 5.74) is 0.521. The molecule has 0 spiro atoms. The van der Waals surface area contributed by atoms with Gasteiger partial charge in [-0.2, -0.15) is 0 Å². The van der Waals surface area contributed by atoms with E-state index in [2.05, 4.69) is 5.32 Å². The van der Waals surface area contributed by atoms with Gasteiger partial charge in [-0.1, -0.05) is 13.0 Å². The lowest BCUT2D eigenvalue weighted by molar-refractivity contribution is 0.0696. The lowest BCUT2D eigenvalue weighted by Crippen LogP contribution is -2.12. The molecule has 1 heterocycles. The number of carbonyl (C=O) groups is 2. The number of nitrogens with one attached hydrogen (secondary N) is 1. The van der Waals surface area contributed by atoms with Gasteiger partial charge >= 0.3 is 5.97 Å². The molecular weight excluding hydrogens is 366 g/mol. The number of hydrogen-bond acceptors (Lipinski definition) is 5. The molecule has 2 N–H and O–H groups in total. The molecule has 0 bridgehead atoms. The Morgan fingerprint density at radius 2 is 2.00 bits per heavy atom. The maximum absolute atomic E-state index is 12.8. The first-order chi connectivity index (χ1) is 13.0. The lowest BCUT2D eigenvalue weighted by atomic mass is 10.2. The Bertz CT molecular complexity index is 995. The van der Waals surface area contributed by atoms with E-state index >= 15 is 0 Å². The van der Waals surface area contributed by atoms with Gasteiger partial charge in [-0.15, -0.1) is 11.3 Å². The Kier molecular flexibility index (Phi) is 5.61. The normalized spacial score (nSPS) is 10.6. The third-order valence-corrected chi connectivity index (χ3v) is 5.02. The average Bonchev–Trinajstić information content (AvgIpc) is 3.04. The molecule has 140 valence electrons. The Hall–Kier alpha value is -3.06. The second kappa shape index (κ2) is 8.09. The topological polar surface area (TPSA) is 84.9 Å². The van der Waals surface area contributed by atoms with Crippen molar-refractivity contribution in [3.8, 4) is 11.5 Å². The van der Waals surface area contributed by atoms with Crippen LogP contribution in [0.15, 0.2) is 42.5 Å². The van der Waals surface area contributed by atoms with Crippen LogP contribution in [0.1, 0.15) is 33.4 Å². The van der Waals surface area contributed by atoms with Crippen LogP contribution >= 0.6 is 11.3 Å². The van der Waals surface area contributed by atoms with Gasteiger partial charge in [-0.25, -0.2) is 4.79 Å². The third kappa shape index (κ3) is 4.03. The van der Waals surface area contributed by atoms with E-state index in [1.165, 1.54) is 23.5 Å². The molecule has 0 unspecified atom stereocenters. The summed E-state index contributed by atoms with van der Waals surface area (Å²) in [5.74, 6) is -0.193. The van der Waals surface area contributed by atoms with Crippen molar-refractivity contribution < 1.29 is 24.2 Å². The first kappa shape index (κ1) is 18.7. The van der Waals surface area contributed by atoms with E-state index in [0.29, 0.717) is 28.7 Å². The maximum atomic E-state index is 12.8. The van der Waals surface area contributed by atoms with E-state index < -0.39 is 5.97 Å². The lowest BCUT2D eigenvalue weighted by Gasteiger charge is -2.09. The fourth-order valence-corrected chi connectivity index (χ4v) is 3.62. The first-order valence-corrected chi connectivity index (χ1v) is 9.23. The molecule has 2 aromatic carbocycles. The Morgan fingerprint density at radius 1 is 1.19 bits per heavy atom. The number of fused-ring (bicyclic) bond motifs is 1. The highest BCUT2D eigenvalue weighted by molar-refractivity contribution is 7.21. The number of thiophene rings is 1. The van der Waals surface area contributed by atoms with Crippen LogP contribution in [-0.2, 0) is 0 Å². The summed E-state index contributed by atoms with van der Waals surface area (Å²) < 4.78 is 12.0. The predicted octanol–water partition coefficient (Wildman–Crippen LogP) is 4.65. The second-order valence-electron chi connectivity index (χ2n) is 5.81. The van der Waals surface area contributed by atoms with Crippen molar-refractivity contribution in [3.05, 3.63) is 52.9 Å². The van der Waals surface area contributed by atoms with Crippen molar-refractivity contribution in [2.24, 2.45) is 0 Å². The highest BCUT2D eigenvalue weighted by Gasteiger charge is 2.21. The van der Waals surface area contributed by atoms with E-state index in [4.69, 9.17) is 14.6 Å². The minimum absolute atomic E-state index is 0.108. The van der Waals surface area contributed by atoms with Crippen LogP contribution in [0.4, 0.5) is 5.69 Å². The molecule has 0 fully saturated rings. The summed E-state index contributed by atoms with van der Waals surface area (Å²) >= 11 is 1.32. The summed E-state index contributed by atoms with van der Waals surface area (Å²) in [6.45, 7) is 2.48. The van der Waals surface area contributed by atoms with Gasteiger partial charge in [0, 0.05) is 15.8 Å². The first-order valence-electron chi connectivity index (χ1n) is 8.41. The number of aromatic carboxylic acids is 1. The van der Waals surface area contributed by atoms with Gasteiger partial charge in [0.25, 0.3) is 5.91 Å². The molecule has 0 aliphatic carbocycles. The number of benzene rings is 2. The number of ether oxygens (including phenoxy) is 2. The van der Waals surface area contributed by atoms with E-state index in [1.54, 1.807) is 19.2 Å². The summed E-state index contributed by atoms with van der Waals surface area (Å²) in [7, 11) is 1.59. The summed E-state index contributed by atoms with van der Waals surface area (Å²) in [6, 6.07) is 11.7. The quantitative estimate of drug-likeness (QED) is 0.618. The molecule has 0 atom stereocenters. The third-order valence-electron chi connectivity index (χ3n) is 3.87. The van der Waals surface area contributed by atoms with Crippen LogP contribution in [0.25, 0.3) is 10.1 Å². The van der Waals surface area contributed by atoms with Gasteiger partial charge in [0.15, 0.2) is 5.75 Å². The van der Waals surface area contributed by atoms with E-state index in [9.17, 15) is 9.59 Å². The number of rotatable bonds is 7. The highest BCUT2D eigenvalue weighted by Crippen LogP contribution is 2.40. The molecule has 27 heavy (non-hydrogen) atoms. The molecule has 0 aliphatic rings. The molecule has 0 saturated heterocycles. The smallest absolute Gasteiger partial charge is 0.335 e. The molecule has 6 nitrogen and oxygen atoms in total. The van der Waals surface area contributed by atoms with Crippen LogP contribution < -0.4 is 14.8 Å². The molecule has 0 saturated carbocycles. The number of anilines is 1. The molecule has 1 amide bonds. The average molecular weight is 385 g/mol. The van der Waals surface area contributed by atoms with Gasteiger partial charge in [0.2, 0.25) is 0 Å². The van der Waals surface area contributed by atoms with Crippen molar-refractivity contribution in [1.82, 2.24) is 0 Å². The number of hydrogen-bond donors (Lipinski definition) is 2. The second-order valence-corrected chi connectivity index (χ2v) is 6.86. The van der Waals surface area contributed by atoms with Crippen LogP contribution in [0, 0.1) is 0 Å². The van der Waals surface area contributed by atoms with Crippen molar-refractivity contribution >= 4 is 39.0 Å². The summed E-state index contributed by atoms with van der Waals surface area (Å²) in [5, 5.41) is 12.7. The highest BCUT2D eigenvalue weighted by atomic mass is 32.1. The van der Waals surface area contributed by atoms with Gasteiger partial charge in [0.05, 0.1) is 19.3 Å².